The topological polar surface area (TPSA) is 49.7 Å². The third-order valence-electron chi connectivity index (χ3n) is 2.53. The molecule has 1 N–H and O–H groups in total. The minimum Gasteiger partial charge on any atom is -0.508 e. The molecule has 0 aliphatic heterocycles. The Balaban J connectivity index is 2.13. The van der Waals surface area contributed by atoms with Crippen LogP contribution in [0, 0.1) is 0 Å². The van der Waals surface area contributed by atoms with Gasteiger partial charge in [-0.2, -0.15) is 0 Å². The zero-order valence-corrected chi connectivity index (χ0v) is 10.00. The highest BCUT2D eigenvalue weighted by atomic mass is 16.3. The Morgan fingerprint density at radius 3 is 2.22 bits per heavy atom. The Morgan fingerprint density at radius 2 is 1.67 bits per heavy atom. The van der Waals surface area contributed by atoms with Crippen molar-refractivity contribution in [3.05, 3.63) is 59.7 Å². The summed E-state index contributed by atoms with van der Waals surface area (Å²) in [6.45, 7) is 1.54. The second-order valence-electron chi connectivity index (χ2n) is 3.95. The van der Waals surface area contributed by atoms with Crippen LogP contribution in [0.1, 0.15) is 22.8 Å². The Morgan fingerprint density at radius 1 is 1.06 bits per heavy atom. The van der Waals surface area contributed by atoms with E-state index in [1.54, 1.807) is 54.7 Å². The number of hydrogen-bond donors (Lipinski definition) is 1. The molecule has 0 radical (unpaired) electrons. The molecule has 2 rings (SSSR count). The van der Waals surface area contributed by atoms with Crippen molar-refractivity contribution in [3.63, 3.8) is 0 Å². The number of Topliss-reactive ketones (excluding diaryl/α,β-unsaturated/α-hetero) is 1. The molecule has 18 heavy (non-hydrogen) atoms. The van der Waals surface area contributed by atoms with Crippen LogP contribution in [-0.4, -0.2) is 17.1 Å². The van der Waals surface area contributed by atoms with Gasteiger partial charge >= 0.3 is 0 Å². The summed E-state index contributed by atoms with van der Waals surface area (Å²) in [6.07, 6.45) is 1.71. The highest BCUT2D eigenvalue weighted by Gasteiger charge is 1.97. The molecule has 0 bridgehead atoms. The first-order chi connectivity index (χ1) is 8.65. The lowest BCUT2D eigenvalue weighted by Gasteiger charge is -1.97. The van der Waals surface area contributed by atoms with E-state index >= 15 is 0 Å². The van der Waals surface area contributed by atoms with E-state index < -0.39 is 0 Å². The van der Waals surface area contributed by atoms with Crippen LogP contribution in [0.4, 0.5) is 5.69 Å². The van der Waals surface area contributed by atoms with Crippen LogP contribution in [-0.2, 0) is 0 Å². The molecule has 0 saturated carbocycles. The van der Waals surface area contributed by atoms with Crippen LogP contribution in [0.3, 0.4) is 0 Å². The van der Waals surface area contributed by atoms with Crippen molar-refractivity contribution < 1.29 is 9.90 Å². The lowest BCUT2D eigenvalue weighted by atomic mass is 10.1. The summed E-state index contributed by atoms with van der Waals surface area (Å²) in [7, 11) is 0. The number of nitrogens with zero attached hydrogens (tertiary/aromatic N) is 1. The molecule has 90 valence electrons. The monoisotopic (exact) mass is 239 g/mol. The second kappa shape index (κ2) is 5.27. The number of rotatable bonds is 3. The molecular formula is C15H13NO2. The number of carbonyl (C=O) groups excluding carboxylic acids is 1. The van der Waals surface area contributed by atoms with Gasteiger partial charge in [-0.1, -0.05) is 0 Å². The summed E-state index contributed by atoms with van der Waals surface area (Å²) in [6, 6.07) is 13.9. The molecule has 0 fully saturated rings. The summed E-state index contributed by atoms with van der Waals surface area (Å²) in [5, 5.41) is 9.15. The molecule has 0 unspecified atom stereocenters. The Bertz CT molecular complexity index is 568. The third-order valence-corrected chi connectivity index (χ3v) is 2.53. The molecule has 0 atom stereocenters. The first kappa shape index (κ1) is 12.0. The van der Waals surface area contributed by atoms with E-state index in [2.05, 4.69) is 4.99 Å². The van der Waals surface area contributed by atoms with E-state index in [4.69, 9.17) is 5.11 Å². The van der Waals surface area contributed by atoms with E-state index in [9.17, 15) is 4.79 Å². The van der Waals surface area contributed by atoms with Gasteiger partial charge in [0.1, 0.15) is 5.75 Å². The Labute approximate surface area is 105 Å². The first-order valence-corrected chi connectivity index (χ1v) is 5.59. The van der Waals surface area contributed by atoms with Crippen molar-refractivity contribution in [3.8, 4) is 5.75 Å². The second-order valence-corrected chi connectivity index (χ2v) is 3.95. The van der Waals surface area contributed by atoms with Crippen LogP contribution in [0.5, 0.6) is 5.75 Å². The molecular weight excluding hydrogens is 226 g/mol. The number of phenolic OH excluding ortho intramolecular Hbond substituents is 1. The van der Waals surface area contributed by atoms with Gasteiger partial charge in [0.25, 0.3) is 0 Å². The Kier molecular flexibility index (Phi) is 3.53. The fourth-order valence-corrected chi connectivity index (χ4v) is 1.49. The number of benzene rings is 2. The van der Waals surface area contributed by atoms with Gasteiger partial charge in [-0.3, -0.25) is 9.79 Å². The van der Waals surface area contributed by atoms with Crippen LogP contribution >= 0.6 is 0 Å². The minimum atomic E-state index is 0.0454. The molecule has 2 aromatic carbocycles. The number of carbonyl (C=O) groups is 1. The SMILES string of the molecule is CC(=O)c1ccc(N=Cc2ccc(O)cc2)cc1. The number of aromatic hydroxyl groups is 1. The van der Waals surface area contributed by atoms with Crippen molar-refractivity contribution in [1.82, 2.24) is 0 Å². The van der Waals surface area contributed by atoms with Gasteiger partial charge < -0.3 is 5.11 Å². The van der Waals surface area contributed by atoms with Gasteiger partial charge in [-0.05, 0) is 61.0 Å². The molecule has 3 heteroatoms. The Hall–Kier alpha value is -2.42. The third kappa shape index (κ3) is 3.04. The standard InChI is InChI=1S/C15H13NO2/c1-11(17)13-4-6-14(7-5-13)16-10-12-2-8-15(18)9-3-12/h2-10,18H,1H3. The fourth-order valence-electron chi connectivity index (χ4n) is 1.49. The average Bonchev–Trinajstić information content (AvgIpc) is 2.38. The summed E-state index contributed by atoms with van der Waals surface area (Å²) < 4.78 is 0. The van der Waals surface area contributed by atoms with Gasteiger partial charge in [-0.25, -0.2) is 0 Å². The predicted octanol–water partition coefficient (Wildman–Crippen LogP) is 3.35. The maximum absolute atomic E-state index is 11.1. The molecule has 0 aliphatic rings. The van der Waals surface area contributed by atoms with Crippen LogP contribution in [0.15, 0.2) is 53.5 Å². The number of ketones is 1. The van der Waals surface area contributed by atoms with Crippen LogP contribution in [0.2, 0.25) is 0 Å². The normalized spacial score (nSPS) is 10.7. The quantitative estimate of drug-likeness (QED) is 0.659. The summed E-state index contributed by atoms with van der Waals surface area (Å²) in [5.74, 6) is 0.280. The fraction of sp³-hybridized carbons (Fsp3) is 0.0667. The lowest BCUT2D eigenvalue weighted by Crippen LogP contribution is -1.89. The van der Waals surface area contributed by atoms with Gasteiger partial charge in [0.15, 0.2) is 5.78 Å². The van der Waals surface area contributed by atoms with E-state index in [1.807, 2.05) is 0 Å². The molecule has 0 spiro atoms. The van der Waals surface area contributed by atoms with E-state index in [0.29, 0.717) is 5.56 Å². The van der Waals surface area contributed by atoms with E-state index in [1.165, 1.54) is 6.92 Å². The molecule has 0 saturated heterocycles. The van der Waals surface area contributed by atoms with Crippen LogP contribution in [0.25, 0.3) is 0 Å². The van der Waals surface area contributed by atoms with Crippen molar-refractivity contribution in [1.29, 1.82) is 0 Å². The first-order valence-electron chi connectivity index (χ1n) is 5.59. The van der Waals surface area contributed by atoms with Gasteiger partial charge in [0, 0.05) is 11.8 Å². The molecule has 0 aromatic heterocycles. The molecule has 0 aliphatic carbocycles. The molecule has 3 nitrogen and oxygen atoms in total. The molecule has 0 heterocycles. The summed E-state index contributed by atoms with van der Waals surface area (Å²) >= 11 is 0. The zero-order chi connectivity index (χ0) is 13.0. The minimum absolute atomic E-state index is 0.0454. The summed E-state index contributed by atoms with van der Waals surface area (Å²) in [4.78, 5) is 15.4. The van der Waals surface area contributed by atoms with Crippen molar-refractivity contribution in [2.75, 3.05) is 0 Å². The van der Waals surface area contributed by atoms with Crippen LogP contribution < -0.4 is 0 Å². The van der Waals surface area contributed by atoms with E-state index in [0.717, 1.165) is 11.3 Å². The highest BCUT2D eigenvalue weighted by molar-refractivity contribution is 5.94. The van der Waals surface area contributed by atoms with Crippen molar-refractivity contribution >= 4 is 17.7 Å². The van der Waals surface area contributed by atoms with E-state index in [-0.39, 0.29) is 11.5 Å². The largest absolute Gasteiger partial charge is 0.508 e. The van der Waals surface area contributed by atoms with Gasteiger partial charge in [-0.15, -0.1) is 0 Å². The lowest BCUT2D eigenvalue weighted by molar-refractivity contribution is 0.101. The maximum atomic E-state index is 11.1. The average molecular weight is 239 g/mol. The zero-order valence-electron chi connectivity index (χ0n) is 10.00. The van der Waals surface area contributed by atoms with Gasteiger partial charge in [0.2, 0.25) is 0 Å². The van der Waals surface area contributed by atoms with Crippen molar-refractivity contribution in [2.24, 2.45) is 4.99 Å². The molecule has 0 amide bonds. The number of hydrogen-bond acceptors (Lipinski definition) is 3. The molecule has 2 aromatic rings. The predicted molar refractivity (Wildman–Crippen MR) is 71.8 cm³/mol. The number of phenols is 1. The van der Waals surface area contributed by atoms with Gasteiger partial charge in [0.05, 0.1) is 5.69 Å². The summed E-state index contributed by atoms with van der Waals surface area (Å²) in [5.41, 5.74) is 2.37. The highest BCUT2D eigenvalue weighted by Crippen LogP contribution is 2.14. The number of aliphatic imine (C=N–C) groups is 1. The van der Waals surface area contributed by atoms with Crippen molar-refractivity contribution in [2.45, 2.75) is 6.92 Å². The smallest absolute Gasteiger partial charge is 0.159 e. The maximum Gasteiger partial charge on any atom is 0.159 e.